The molecule has 1 N–H and O–H groups in total. The minimum atomic E-state index is -0.456. The lowest BCUT2D eigenvalue weighted by atomic mass is 10.2. The van der Waals surface area contributed by atoms with Crippen LogP contribution in [0.1, 0.15) is 23.4 Å². The average Bonchev–Trinajstić information content (AvgIpc) is 2.94. The zero-order chi connectivity index (χ0) is 21.8. The molecule has 9 heteroatoms. The van der Waals surface area contributed by atoms with E-state index in [1.54, 1.807) is 10.7 Å². The molecule has 1 heterocycles. The Bertz CT molecular complexity index is 1100. The maximum Gasteiger partial charge on any atom is 0.272 e. The molecule has 1 amide bonds. The summed E-state index contributed by atoms with van der Waals surface area (Å²) in [4.78, 5) is 25.0. The molecule has 3 aromatic rings. The van der Waals surface area contributed by atoms with Gasteiger partial charge < -0.3 is 5.32 Å². The zero-order valence-electron chi connectivity index (χ0n) is 16.8. The van der Waals surface area contributed by atoms with E-state index in [0.717, 1.165) is 26.3 Å². The number of halogens is 1. The maximum absolute atomic E-state index is 12.4. The summed E-state index contributed by atoms with van der Waals surface area (Å²) in [7, 11) is 0. The highest BCUT2D eigenvalue weighted by atomic mass is 79.9. The molecule has 0 saturated carbocycles. The van der Waals surface area contributed by atoms with Gasteiger partial charge in [-0.2, -0.15) is 5.10 Å². The molecule has 0 atom stereocenters. The van der Waals surface area contributed by atoms with Crippen molar-refractivity contribution in [2.75, 3.05) is 5.32 Å². The van der Waals surface area contributed by atoms with Gasteiger partial charge in [0.25, 0.3) is 5.69 Å². The van der Waals surface area contributed by atoms with Crippen LogP contribution in [0.15, 0.2) is 56.7 Å². The number of nitro groups is 1. The molecular weight excluding hydrogens is 468 g/mol. The van der Waals surface area contributed by atoms with Crippen molar-refractivity contribution >= 4 is 45.0 Å². The summed E-state index contributed by atoms with van der Waals surface area (Å²) in [6.07, 6.45) is 0.206. The number of carbonyl (C=O) groups is 1. The van der Waals surface area contributed by atoms with Gasteiger partial charge in [-0.1, -0.05) is 29.5 Å². The fourth-order valence-electron chi connectivity index (χ4n) is 2.89. The lowest BCUT2D eigenvalue weighted by Crippen LogP contribution is -2.15. The second-order valence-corrected chi connectivity index (χ2v) is 8.83. The highest BCUT2D eigenvalue weighted by Gasteiger charge is 2.14. The first-order valence-electron chi connectivity index (χ1n) is 9.26. The summed E-state index contributed by atoms with van der Waals surface area (Å²) in [5.41, 5.74) is 3.29. The number of hydrogen-bond acceptors (Lipinski definition) is 5. The molecule has 3 rings (SSSR count). The Morgan fingerprint density at radius 3 is 2.47 bits per heavy atom. The molecule has 1 aromatic heterocycles. The maximum atomic E-state index is 12.4. The number of aromatic nitrogens is 2. The number of nitrogens with one attached hydrogen (secondary N) is 1. The topological polar surface area (TPSA) is 90.1 Å². The van der Waals surface area contributed by atoms with Crippen molar-refractivity contribution in [3.8, 4) is 0 Å². The molecule has 30 heavy (non-hydrogen) atoms. The van der Waals surface area contributed by atoms with Gasteiger partial charge in [-0.15, -0.1) is 0 Å². The molecular formula is C21H21BrN4O3S. The molecule has 0 bridgehead atoms. The Kier molecular flexibility index (Phi) is 6.94. The quantitative estimate of drug-likeness (QED) is 0.342. The average molecular weight is 489 g/mol. The SMILES string of the molecule is Cc1ccc(Sc2cc(NC(=O)CCn3nc(C)c(Br)c3C)cc([N+](=O)[O-])c2)cc1. The minimum absolute atomic E-state index is 0.0649. The summed E-state index contributed by atoms with van der Waals surface area (Å²) in [5.74, 6) is -0.231. The third-order valence-corrected chi connectivity index (χ3v) is 6.61. The van der Waals surface area contributed by atoms with Crippen LogP contribution >= 0.6 is 27.7 Å². The van der Waals surface area contributed by atoms with E-state index in [2.05, 4.69) is 26.3 Å². The van der Waals surface area contributed by atoms with E-state index < -0.39 is 4.92 Å². The number of nitrogens with zero attached hydrogens (tertiary/aromatic N) is 3. The Balaban J connectivity index is 1.72. The van der Waals surface area contributed by atoms with Crippen molar-refractivity contribution in [1.29, 1.82) is 0 Å². The molecule has 0 fully saturated rings. The Hall–Kier alpha value is -2.65. The fourth-order valence-corrected chi connectivity index (χ4v) is 4.08. The number of rotatable bonds is 7. The van der Waals surface area contributed by atoms with Crippen LogP contribution in [-0.2, 0) is 11.3 Å². The smallest absolute Gasteiger partial charge is 0.272 e. The van der Waals surface area contributed by atoms with Gasteiger partial charge in [0.05, 0.1) is 21.6 Å². The van der Waals surface area contributed by atoms with Crippen molar-refractivity contribution < 1.29 is 9.72 Å². The summed E-state index contributed by atoms with van der Waals surface area (Å²) in [5, 5.41) is 18.5. The molecule has 0 aliphatic carbocycles. The number of nitro benzene ring substituents is 1. The van der Waals surface area contributed by atoms with E-state index in [1.807, 2.05) is 45.0 Å². The predicted octanol–water partition coefficient (Wildman–Crippen LogP) is 5.66. The number of hydrogen-bond donors (Lipinski definition) is 1. The highest BCUT2D eigenvalue weighted by Crippen LogP contribution is 2.33. The number of anilines is 1. The van der Waals surface area contributed by atoms with Gasteiger partial charge in [-0.05, 0) is 54.9 Å². The summed E-state index contributed by atoms with van der Waals surface area (Å²) in [6, 6.07) is 12.5. The lowest BCUT2D eigenvalue weighted by molar-refractivity contribution is -0.385. The van der Waals surface area contributed by atoms with E-state index in [9.17, 15) is 14.9 Å². The van der Waals surface area contributed by atoms with Crippen LogP contribution < -0.4 is 5.32 Å². The molecule has 2 aromatic carbocycles. The van der Waals surface area contributed by atoms with E-state index in [1.165, 1.54) is 23.9 Å². The van der Waals surface area contributed by atoms with Crippen molar-refractivity contribution in [3.05, 3.63) is 74.0 Å². The molecule has 0 aliphatic heterocycles. The Labute approximate surface area is 187 Å². The first-order valence-corrected chi connectivity index (χ1v) is 10.9. The van der Waals surface area contributed by atoms with Gasteiger partial charge in [0.2, 0.25) is 5.91 Å². The summed E-state index contributed by atoms with van der Waals surface area (Å²) in [6.45, 7) is 6.24. The largest absolute Gasteiger partial charge is 0.326 e. The molecule has 156 valence electrons. The fraction of sp³-hybridized carbons (Fsp3) is 0.238. The van der Waals surface area contributed by atoms with E-state index >= 15 is 0 Å². The first-order chi connectivity index (χ1) is 14.2. The second-order valence-electron chi connectivity index (χ2n) is 6.89. The minimum Gasteiger partial charge on any atom is -0.326 e. The van der Waals surface area contributed by atoms with Crippen LogP contribution in [0.5, 0.6) is 0 Å². The lowest BCUT2D eigenvalue weighted by Gasteiger charge is -2.09. The molecule has 0 unspecified atom stereocenters. The number of aryl methyl sites for hydroxylation is 3. The monoisotopic (exact) mass is 488 g/mol. The molecule has 0 saturated heterocycles. The van der Waals surface area contributed by atoms with Crippen molar-refractivity contribution in [2.24, 2.45) is 0 Å². The summed E-state index contributed by atoms with van der Waals surface area (Å²) >= 11 is 4.88. The van der Waals surface area contributed by atoms with E-state index in [0.29, 0.717) is 17.1 Å². The second kappa shape index (κ2) is 9.44. The van der Waals surface area contributed by atoms with Crippen LogP contribution in [0.25, 0.3) is 0 Å². The first kappa shape index (κ1) is 22.0. The van der Waals surface area contributed by atoms with Crippen LogP contribution in [-0.4, -0.2) is 20.6 Å². The zero-order valence-corrected chi connectivity index (χ0v) is 19.2. The number of carbonyl (C=O) groups excluding carboxylic acids is 1. The van der Waals surface area contributed by atoms with E-state index in [-0.39, 0.29) is 18.0 Å². The van der Waals surface area contributed by atoms with E-state index in [4.69, 9.17) is 0 Å². The van der Waals surface area contributed by atoms with Gasteiger partial charge in [0.1, 0.15) is 0 Å². The van der Waals surface area contributed by atoms with Gasteiger partial charge in [-0.3, -0.25) is 19.6 Å². The van der Waals surface area contributed by atoms with Crippen LogP contribution in [0, 0.1) is 30.9 Å². The predicted molar refractivity (Wildman–Crippen MR) is 121 cm³/mol. The third kappa shape index (κ3) is 5.48. The molecule has 0 aliphatic rings. The van der Waals surface area contributed by atoms with Crippen molar-refractivity contribution in [3.63, 3.8) is 0 Å². The molecule has 7 nitrogen and oxygen atoms in total. The number of benzene rings is 2. The van der Waals surface area contributed by atoms with Gasteiger partial charge in [0.15, 0.2) is 0 Å². The highest BCUT2D eigenvalue weighted by molar-refractivity contribution is 9.10. The Morgan fingerprint density at radius 2 is 1.87 bits per heavy atom. The number of amides is 1. The number of non-ortho nitro benzene ring substituents is 1. The third-order valence-electron chi connectivity index (χ3n) is 4.49. The molecule has 0 radical (unpaired) electrons. The normalized spacial score (nSPS) is 10.8. The van der Waals surface area contributed by atoms with Gasteiger partial charge >= 0.3 is 0 Å². The summed E-state index contributed by atoms with van der Waals surface area (Å²) < 4.78 is 2.70. The molecule has 0 spiro atoms. The van der Waals surface area contributed by atoms with Crippen molar-refractivity contribution in [2.45, 2.75) is 43.5 Å². The van der Waals surface area contributed by atoms with Crippen LogP contribution in [0.4, 0.5) is 11.4 Å². The van der Waals surface area contributed by atoms with Crippen LogP contribution in [0.3, 0.4) is 0 Å². The standard InChI is InChI=1S/C21H21BrN4O3S/c1-13-4-6-18(7-5-13)30-19-11-16(10-17(12-19)26(28)29)23-20(27)8-9-25-15(3)21(22)14(2)24-25/h4-7,10-12H,8-9H2,1-3H3,(H,23,27). The van der Waals surface area contributed by atoms with Gasteiger partial charge in [-0.25, -0.2) is 0 Å². The van der Waals surface area contributed by atoms with Crippen LogP contribution in [0.2, 0.25) is 0 Å². The van der Waals surface area contributed by atoms with Crippen molar-refractivity contribution in [1.82, 2.24) is 9.78 Å². The van der Waals surface area contributed by atoms with Gasteiger partial charge in [0, 0.05) is 39.7 Å². The Morgan fingerprint density at radius 1 is 1.17 bits per heavy atom.